The molecule has 0 saturated heterocycles. The van der Waals surface area contributed by atoms with Crippen LogP contribution < -0.4 is 5.73 Å². The summed E-state index contributed by atoms with van der Waals surface area (Å²) in [5.74, 6) is -1.18. The van der Waals surface area contributed by atoms with Crippen molar-refractivity contribution in [3.8, 4) is 11.1 Å². The minimum atomic E-state index is -1.14. The Kier molecular flexibility index (Phi) is 3.41. The van der Waals surface area contributed by atoms with Gasteiger partial charge in [-0.05, 0) is 24.3 Å². The van der Waals surface area contributed by atoms with E-state index in [9.17, 15) is 4.79 Å². The van der Waals surface area contributed by atoms with Crippen LogP contribution in [0, 0.1) is 0 Å². The SMILES string of the molecule is Nc1ncc(-c2cc(Cl)ccc2Cl)cc1C(=O)O. The predicted molar refractivity (Wildman–Crippen MR) is 71.1 cm³/mol. The molecule has 0 aliphatic carbocycles. The van der Waals surface area contributed by atoms with E-state index in [1.54, 1.807) is 18.2 Å². The molecule has 1 heterocycles. The van der Waals surface area contributed by atoms with Gasteiger partial charge in [0.2, 0.25) is 0 Å². The molecule has 1 aromatic carbocycles. The number of pyridine rings is 1. The molecule has 0 amide bonds. The number of aromatic nitrogens is 1. The Bertz CT molecular complexity index is 629. The van der Waals surface area contributed by atoms with E-state index in [0.29, 0.717) is 21.2 Å². The van der Waals surface area contributed by atoms with E-state index in [1.165, 1.54) is 12.3 Å². The number of nitrogens with two attached hydrogens (primary N) is 1. The Hall–Kier alpha value is -1.78. The number of benzene rings is 1. The van der Waals surface area contributed by atoms with Gasteiger partial charge in [0, 0.05) is 27.4 Å². The molecule has 0 radical (unpaired) electrons. The number of nitrogens with zero attached hydrogens (tertiary/aromatic N) is 1. The van der Waals surface area contributed by atoms with Crippen molar-refractivity contribution in [1.29, 1.82) is 0 Å². The fourth-order valence-electron chi connectivity index (χ4n) is 1.51. The van der Waals surface area contributed by atoms with Crippen LogP contribution in [0.4, 0.5) is 5.82 Å². The van der Waals surface area contributed by atoms with Gasteiger partial charge in [0.1, 0.15) is 11.4 Å². The van der Waals surface area contributed by atoms with Crippen LogP contribution in [0.3, 0.4) is 0 Å². The van der Waals surface area contributed by atoms with Crippen LogP contribution in [0.25, 0.3) is 11.1 Å². The molecule has 6 heteroatoms. The fourth-order valence-corrected chi connectivity index (χ4v) is 1.91. The van der Waals surface area contributed by atoms with Gasteiger partial charge < -0.3 is 10.8 Å². The zero-order valence-corrected chi connectivity index (χ0v) is 10.5. The average Bonchev–Trinajstić information content (AvgIpc) is 2.33. The summed E-state index contributed by atoms with van der Waals surface area (Å²) < 4.78 is 0. The number of hydrogen-bond donors (Lipinski definition) is 2. The molecule has 0 spiro atoms. The molecular formula is C12H8Cl2N2O2. The molecule has 3 N–H and O–H groups in total. The van der Waals surface area contributed by atoms with E-state index >= 15 is 0 Å². The van der Waals surface area contributed by atoms with Crippen LogP contribution in [0.15, 0.2) is 30.5 Å². The van der Waals surface area contributed by atoms with Crippen LogP contribution in [0.5, 0.6) is 0 Å². The first-order valence-electron chi connectivity index (χ1n) is 4.93. The van der Waals surface area contributed by atoms with E-state index in [4.69, 9.17) is 34.0 Å². The van der Waals surface area contributed by atoms with Crippen molar-refractivity contribution in [3.05, 3.63) is 46.1 Å². The number of nitrogen functional groups attached to an aromatic ring is 1. The summed E-state index contributed by atoms with van der Waals surface area (Å²) in [5, 5.41) is 9.95. The van der Waals surface area contributed by atoms with Crippen molar-refractivity contribution in [1.82, 2.24) is 4.98 Å². The first-order chi connectivity index (χ1) is 8.49. The van der Waals surface area contributed by atoms with Gasteiger partial charge in [-0.2, -0.15) is 0 Å². The summed E-state index contributed by atoms with van der Waals surface area (Å²) in [6.07, 6.45) is 1.46. The van der Waals surface area contributed by atoms with Crippen LogP contribution >= 0.6 is 23.2 Å². The first-order valence-corrected chi connectivity index (χ1v) is 5.69. The molecule has 0 saturated carbocycles. The van der Waals surface area contributed by atoms with Crippen molar-refractivity contribution < 1.29 is 9.90 Å². The summed E-state index contributed by atoms with van der Waals surface area (Å²) in [6, 6.07) is 6.34. The number of aromatic carboxylic acids is 1. The van der Waals surface area contributed by atoms with Crippen LogP contribution in [-0.2, 0) is 0 Å². The maximum Gasteiger partial charge on any atom is 0.339 e. The standard InChI is InChI=1S/C12H8Cl2N2O2/c13-7-1-2-10(14)8(4-7)6-3-9(12(17)18)11(15)16-5-6/h1-5H,(H2,15,16)(H,17,18). The Labute approximate surface area is 113 Å². The van der Waals surface area contributed by atoms with Gasteiger partial charge >= 0.3 is 5.97 Å². The van der Waals surface area contributed by atoms with Crippen LogP contribution in [0.1, 0.15) is 10.4 Å². The number of carboxylic acid groups (broad SMARTS) is 1. The smallest absolute Gasteiger partial charge is 0.339 e. The van der Waals surface area contributed by atoms with Gasteiger partial charge in [0.25, 0.3) is 0 Å². The third kappa shape index (κ3) is 2.39. The van der Waals surface area contributed by atoms with Crippen molar-refractivity contribution in [2.45, 2.75) is 0 Å². The second-order valence-corrected chi connectivity index (χ2v) is 4.43. The maximum atomic E-state index is 11.0. The zero-order chi connectivity index (χ0) is 13.3. The normalized spacial score (nSPS) is 10.3. The summed E-state index contributed by atoms with van der Waals surface area (Å²) in [5.41, 5.74) is 6.58. The summed E-state index contributed by atoms with van der Waals surface area (Å²) in [7, 11) is 0. The lowest BCUT2D eigenvalue weighted by Gasteiger charge is -2.07. The molecule has 18 heavy (non-hydrogen) atoms. The third-order valence-electron chi connectivity index (χ3n) is 2.39. The highest BCUT2D eigenvalue weighted by atomic mass is 35.5. The highest BCUT2D eigenvalue weighted by Gasteiger charge is 2.12. The lowest BCUT2D eigenvalue weighted by molar-refractivity contribution is 0.0698. The fraction of sp³-hybridized carbons (Fsp3) is 0. The lowest BCUT2D eigenvalue weighted by atomic mass is 10.1. The summed E-state index contributed by atoms with van der Waals surface area (Å²) in [4.78, 5) is 14.8. The highest BCUT2D eigenvalue weighted by Crippen LogP contribution is 2.31. The Morgan fingerprint density at radius 1 is 1.28 bits per heavy atom. The maximum absolute atomic E-state index is 11.0. The second kappa shape index (κ2) is 4.84. The van der Waals surface area contributed by atoms with E-state index < -0.39 is 5.97 Å². The van der Waals surface area contributed by atoms with E-state index in [1.807, 2.05) is 0 Å². The number of halogens is 2. The molecule has 0 fully saturated rings. The molecule has 0 aliphatic rings. The molecular weight excluding hydrogens is 275 g/mol. The highest BCUT2D eigenvalue weighted by molar-refractivity contribution is 6.35. The van der Waals surface area contributed by atoms with Gasteiger partial charge in [-0.15, -0.1) is 0 Å². The van der Waals surface area contributed by atoms with Gasteiger partial charge in [-0.3, -0.25) is 0 Å². The molecule has 2 rings (SSSR count). The Balaban J connectivity index is 2.61. The van der Waals surface area contributed by atoms with Crippen LogP contribution in [0.2, 0.25) is 10.0 Å². The third-order valence-corrected chi connectivity index (χ3v) is 2.95. The molecule has 2 aromatic rings. The van der Waals surface area contributed by atoms with Crippen LogP contribution in [-0.4, -0.2) is 16.1 Å². The Morgan fingerprint density at radius 2 is 2.00 bits per heavy atom. The molecule has 1 aromatic heterocycles. The minimum absolute atomic E-state index is 0.0376. The lowest BCUT2D eigenvalue weighted by Crippen LogP contribution is -2.04. The van der Waals surface area contributed by atoms with E-state index in [0.717, 1.165) is 0 Å². The van der Waals surface area contributed by atoms with Gasteiger partial charge in [0.15, 0.2) is 0 Å². The van der Waals surface area contributed by atoms with Gasteiger partial charge in [-0.1, -0.05) is 23.2 Å². The van der Waals surface area contributed by atoms with Crippen molar-refractivity contribution in [3.63, 3.8) is 0 Å². The molecule has 4 nitrogen and oxygen atoms in total. The molecule has 0 bridgehead atoms. The van der Waals surface area contributed by atoms with Gasteiger partial charge in [-0.25, -0.2) is 9.78 Å². The van der Waals surface area contributed by atoms with Crippen molar-refractivity contribution in [2.24, 2.45) is 0 Å². The minimum Gasteiger partial charge on any atom is -0.478 e. The number of carboxylic acids is 1. The molecule has 0 aliphatic heterocycles. The molecule has 0 unspecified atom stereocenters. The largest absolute Gasteiger partial charge is 0.478 e. The molecule has 92 valence electrons. The number of anilines is 1. The predicted octanol–water partition coefficient (Wildman–Crippen LogP) is 3.34. The van der Waals surface area contributed by atoms with Crippen molar-refractivity contribution in [2.75, 3.05) is 5.73 Å². The van der Waals surface area contributed by atoms with Crippen molar-refractivity contribution >= 4 is 35.0 Å². The second-order valence-electron chi connectivity index (χ2n) is 3.59. The number of carbonyl (C=O) groups is 1. The number of rotatable bonds is 2. The number of hydrogen-bond acceptors (Lipinski definition) is 3. The summed E-state index contributed by atoms with van der Waals surface area (Å²) >= 11 is 11.9. The first kappa shape index (κ1) is 12.7. The topological polar surface area (TPSA) is 76.2 Å². The van der Waals surface area contributed by atoms with E-state index in [-0.39, 0.29) is 11.4 Å². The monoisotopic (exact) mass is 282 g/mol. The summed E-state index contributed by atoms with van der Waals surface area (Å²) in [6.45, 7) is 0. The zero-order valence-electron chi connectivity index (χ0n) is 9.02. The molecule has 0 atom stereocenters. The average molecular weight is 283 g/mol. The van der Waals surface area contributed by atoms with Gasteiger partial charge in [0.05, 0.1) is 0 Å². The Morgan fingerprint density at radius 3 is 2.67 bits per heavy atom. The van der Waals surface area contributed by atoms with E-state index in [2.05, 4.69) is 4.98 Å². The quantitative estimate of drug-likeness (QED) is 0.886.